The first-order chi connectivity index (χ1) is 8.91. The fourth-order valence-electron chi connectivity index (χ4n) is 2.69. The van der Waals surface area contributed by atoms with Gasteiger partial charge in [-0.15, -0.1) is 12.4 Å². The molecule has 2 aliphatic rings. The Labute approximate surface area is 122 Å². The molecule has 0 aromatic heterocycles. The maximum Gasteiger partial charge on any atom is 0.391 e. The van der Waals surface area contributed by atoms with Crippen molar-refractivity contribution in [3.8, 4) is 0 Å². The number of likely N-dealkylation sites (tertiary alicyclic amines) is 1. The van der Waals surface area contributed by atoms with Crippen LogP contribution in [0.15, 0.2) is 0 Å². The summed E-state index contributed by atoms with van der Waals surface area (Å²) in [7, 11) is 0. The molecule has 118 valence electrons. The second-order valence-electron chi connectivity index (χ2n) is 5.20. The van der Waals surface area contributed by atoms with Crippen molar-refractivity contribution in [2.24, 2.45) is 11.7 Å². The summed E-state index contributed by atoms with van der Waals surface area (Å²) in [4.78, 5) is 13.6. The van der Waals surface area contributed by atoms with E-state index in [1.165, 1.54) is 4.90 Å². The van der Waals surface area contributed by atoms with E-state index in [4.69, 9.17) is 10.5 Å². The lowest BCUT2D eigenvalue weighted by Crippen LogP contribution is -2.46. The monoisotopic (exact) mass is 316 g/mol. The van der Waals surface area contributed by atoms with Crippen molar-refractivity contribution in [3.05, 3.63) is 0 Å². The van der Waals surface area contributed by atoms with Crippen LogP contribution in [0.2, 0.25) is 0 Å². The van der Waals surface area contributed by atoms with E-state index in [2.05, 4.69) is 0 Å². The Morgan fingerprint density at radius 2 is 1.80 bits per heavy atom. The van der Waals surface area contributed by atoms with E-state index in [0.29, 0.717) is 13.0 Å². The average molecular weight is 317 g/mol. The third-order valence-corrected chi connectivity index (χ3v) is 3.92. The second-order valence-corrected chi connectivity index (χ2v) is 5.20. The lowest BCUT2D eigenvalue weighted by atomic mass is 9.96. The molecule has 0 spiro atoms. The van der Waals surface area contributed by atoms with Crippen molar-refractivity contribution in [1.29, 1.82) is 0 Å². The summed E-state index contributed by atoms with van der Waals surface area (Å²) in [6.45, 7) is 0.701. The van der Waals surface area contributed by atoms with E-state index in [-0.39, 0.29) is 50.3 Å². The van der Waals surface area contributed by atoms with Crippen LogP contribution < -0.4 is 5.73 Å². The Morgan fingerprint density at radius 3 is 2.25 bits per heavy atom. The van der Waals surface area contributed by atoms with E-state index in [9.17, 15) is 18.0 Å². The number of rotatable bonds is 2. The number of nitrogens with two attached hydrogens (primary N) is 1. The fraction of sp³-hybridized carbons (Fsp3) is 0.917. The predicted octanol–water partition coefficient (Wildman–Crippen LogP) is 1.72. The molecule has 1 amide bonds. The van der Waals surface area contributed by atoms with Crippen molar-refractivity contribution in [1.82, 2.24) is 4.90 Å². The van der Waals surface area contributed by atoms with Crippen LogP contribution in [0.5, 0.6) is 0 Å². The van der Waals surface area contributed by atoms with Crippen LogP contribution in [-0.2, 0) is 9.53 Å². The van der Waals surface area contributed by atoms with Crippen molar-refractivity contribution >= 4 is 18.3 Å². The lowest BCUT2D eigenvalue weighted by molar-refractivity contribution is -0.187. The molecule has 0 aliphatic carbocycles. The number of carbonyl (C=O) groups is 1. The van der Waals surface area contributed by atoms with E-state index in [1.807, 2.05) is 0 Å². The summed E-state index contributed by atoms with van der Waals surface area (Å²) in [6, 6.07) is 0. The molecule has 0 aromatic carbocycles. The first-order valence-electron chi connectivity index (χ1n) is 6.63. The van der Waals surface area contributed by atoms with Gasteiger partial charge in [0.2, 0.25) is 0 Å². The molecule has 0 radical (unpaired) electrons. The van der Waals surface area contributed by atoms with Crippen LogP contribution in [0.4, 0.5) is 13.2 Å². The second kappa shape index (κ2) is 6.95. The van der Waals surface area contributed by atoms with Gasteiger partial charge in [-0.1, -0.05) is 0 Å². The van der Waals surface area contributed by atoms with Gasteiger partial charge < -0.3 is 15.4 Å². The highest BCUT2D eigenvalue weighted by atomic mass is 35.5. The minimum atomic E-state index is -4.15. The van der Waals surface area contributed by atoms with Gasteiger partial charge in [-0.25, -0.2) is 0 Å². The van der Waals surface area contributed by atoms with Crippen LogP contribution in [0.3, 0.4) is 0 Å². The number of halogens is 4. The van der Waals surface area contributed by atoms with E-state index in [0.717, 1.165) is 6.42 Å². The van der Waals surface area contributed by atoms with Crippen molar-refractivity contribution in [2.45, 2.75) is 44.1 Å². The first kappa shape index (κ1) is 17.5. The molecule has 8 heteroatoms. The Kier molecular flexibility index (Phi) is 6.09. The van der Waals surface area contributed by atoms with Gasteiger partial charge in [-0.05, 0) is 25.7 Å². The molecule has 2 N–H and O–H groups in total. The molecule has 0 saturated carbocycles. The number of piperidine rings is 1. The highest BCUT2D eigenvalue weighted by Crippen LogP contribution is 2.34. The predicted molar refractivity (Wildman–Crippen MR) is 69.6 cm³/mol. The van der Waals surface area contributed by atoms with Crippen LogP contribution in [-0.4, -0.2) is 48.8 Å². The van der Waals surface area contributed by atoms with Gasteiger partial charge in [0, 0.05) is 19.6 Å². The SMILES string of the molecule is Cl.NC[C@H]1CC[C@@H](C(=O)N2CCC(C(F)(F)F)CC2)O1. The molecule has 2 aliphatic heterocycles. The average Bonchev–Trinajstić information content (AvgIpc) is 2.86. The topological polar surface area (TPSA) is 55.6 Å². The van der Waals surface area contributed by atoms with Crippen molar-refractivity contribution in [3.63, 3.8) is 0 Å². The summed E-state index contributed by atoms with van der Waals surface area (Å²) >= 11 is 0. The first-order valence-corrected chi connectivity index (χ1v) is 6.63. The van der Waals surface area contributed by atoms with Gasteiger partial charge in [-0.2, -0.15) is 13.2 Å². The minimum Gasteiger partial charge on any atom is -0.364 e. The van der Waals surface area contributed by atoms with Crippen LogP contribution >= 0.6 is 12.4 Å². The number of alkyl halides is 3. The zero-order valence-electron chi connectivity index (χ0n) is 11.1. The Bertz CT molecular complexity index is 333. The quantitative estimate of drug-likeness (QED) is 0.844. The zero-order chi connectivity index (χ0) is 14.0. The summed E-state index contributed by atoms with van der Waals surface area (Å²) in [6.07, 6.45) is -3.43. The number of ether oxygens (including phenoxy) is 1. The Balaban J connectivity index is 0.00000200. The molecule has 0 unspecified atom stereocenters. The van der Waals surface area contributed by atoms with Gasteiger partial charge >= 0.3 is 6.18 Å². The highest BCUT2D eigenvalue weighted by molar-refractivity contribution is 5.85. The largest absolute Gasteiger partial charge is 0.391 e. The van der Waals surface area contributed by atoms with E-state index >= 15 is 0 Å². The summed E-state index contributed by atoms with van der Waals surface area (Å²) in [5.74, 6) is -1.46. The summed E-state index contributed by atoms with van der Waals surface area (Å²) < 4.78 is 43.1. The van der Waals surface area contributed by atoms with Crippen molar-refractivity contribution in [2.75, 3.05) is 19.6 Å². The standard InChI is InChI=1S/C12H19F3N2O2.ClH/c13-12(14,15)8-3-5-17(6-4-8)11(18)10-2-1-9(7-16)19-10;/h8-10H,1-7,16H2;1H/t9-,10+;/m1./s1. The number of hydrogen-bond donors (Lipinski definition) is 1. The fourth-order valence-corrected chi connectivity index (χ4v) is 2.69. The maximum absolute atomic E-state index is 12.5. The molecule has 4 nitrogen and oxygen atoms in total. The Hall–Kier alpha value is -0.530. The molecular weight excluding hydrogens is 297 g/mol. The molecule has 20 heavy (non-hydrogen) atoms. The van der Waals surface area contributed by atoms with Crippen LogP contribution in [0.25, 0.3) is 0 Å². The van der Waals surface area contributed by atoms with Gasteiger partial charge in [-0.3, -0.25) is 4.79 Å². The van der Waals surface area contributed by atoms with E-state index < -0.39 is 18.2 Å². The molecule has 2 heterocycles. The van der Waals surface area contributed by atoms with Gasteiger partial charge in [0.25, 0.3) is 5.91 Å². The maximum atomic E-state index is 12.5. The smallest absolute Gasteiger partial charge is 0.364 e. The molecule has 2 saturated heterocycles. The number of nitrogens with zero attached hydrogens (tertiary/aromatic N) is 1. The highest BCUT2D eigenvalue weighted by Gasteiger charge is 2.43. The lowest BCUT2D eigenvalue weighted by Gasteiger charge is -2.34. The third-order valence-electron chi connectivity index (χ3n) is 3.92. The molecule has 0 bridgehead atoms. The number of carbonyl (C=O) groups excluding carboxylic acids is 1. The number of hydrogen-bond acceptors (Lipinski definition) is 3. The molecule has 0 aromatic rings. The van der Waals surface area contributed by atoms with Gasteiger partial charge in [0.1, 0.15) is 6.10 Å². The normalized spacial score (nSPS) is 28.3. The van der Waals surface area contributed by atoms with Crippen LogP contribution in [0, 0.1) is 5.92 Å². The number of amides is 1. The minimum absolute atomic E-state index is 0. The molecule has 2 fully saturated rings. The third kappa shape index (κ3) is 3.99. The summed E-state index contributed by atoms with van der Waals surface area (Å²) in [5.41, 5.74) is 5.47. The van der Waals surface area contributed by atoms with Gasteiger partial charge in [0.15, 0.2) is 0 Å². The summed E-state index contributed by atoms with van der Waals surface area (Å²) in [5, 5.41) is 0. The van der Waals surface area contributed by atoms with Crippen molar-refractivity contribution < 1.29 is 22.7 Å². The van der Waals surface area contributed by atoms with Gasteiger partial charge in [0.05, 0.1) is 12.0 Å². The van der Waals surface area contributed by atoms with Crippen LogP contribution in [0.1, 0.15) is 25.7 Å². The Morgan fingerprint density at radius 1 is 1.20 bits per heavy atom. The molecule has 2 rings (SSSR count). The molecular formula is C12H20ClF3N2O2. The molecule has 2 atom stereocenters. The van der Waals surface area contributed by atoms with E-state index in [1.54, 1.807) is 0 Å². The zero-order valence-corrected chi connectivity index (χ0v) is 11.9.